The largest absolute Gasteiger partial charge is 1.00 e. The van der Waals surface area contributed by atoms with E-state index >= 15 is 0 Å². The number of benzene rings is 1. The molecule has 1 aromatic carbocycles. The standard InChI is InChI=1S/C6H5ClO3S2.Na.H/c7-5-1-3-6(4-2-5)11-12(8,9)10;;/h1-4H,(H,8,9,10);;/q;+1;-1. The van der Waals surface area contributed by atoms with Crippen molar-refractivity contribution in [1.29, 1.82) is 0 Å². The summed E-state index contributed by atoms with van der Waals surface area (Å²) in [5.41, 5.74) is 0. The molecule has 1 rings (SSSR count). The van der Waals surface area contributed by atoms with Crippen LogP contribution in [0, 0.1) is 0 Å². The Morgan fingerprint density at radius 2 is 1.77 bits per heavy atom. The first-order valence-electron chi connectivity index (χ1n) is 2.90. The number of hydrogen-bond donors (Lipinski definition) is 1. The van der Waals surface area contributed by atoms with E-state index in [-0.39, 0.29) is 31.0 Å². The van der Waals surface area contributed by atoms with Crippen LogP contribution in [0.2, 0.25) is 5.02 Å². The predicted octanol–water partition coefficient (Wildman–Crippen LogP) is -0.649. The van der Waals surface area contributed by atoms with E-state index in [9.17, 15) is 8.42 Å². The summed E-state index contributed by atoms with van der Waals surface area (Å²) in [5.74, 6) is 0. The zero-order chi connectivity index (χ0) is 9.19. The molecule has 0 radical (unpaired) electrons. The first-order valence-corrected chi connectivity index (χ1v) is 6.05. The van der Waals surface area contributed by atoms with Crippen molar-refractivity contribution in [1.82, 2.24) is 0 Å². The maximum absolute atomic E-state index is 10.4. The van der Waals surface area contributed by atoms with E-state index in [4.69, 9.17) is 16.2 Å². The fourth-order valence-corrected chi connectivity index (χ4v) is 2.29. The van der Waals surface area contributed by atoms with E-state index in [1.165, 1.54) is 12.1 Å². The molecule has 0 unspecified atom stereocenters. The molecule has 0 bridgehead atoms. The smallest absolute Gasteiger partial charge is 1.00 e. The van der Waals surface area contributed by atoms with Crippen LogP contribution in [0.5, 0.6) is 0 Å². The Bertz CT molecular complexity index is 367. The quantitative estimate of drug-likeness (QED) is 0.429. The van der Waals surface area contributed by atoms with Gasteiger partial charge in [0.2, 0.25) is 0 Å². The number of rotatable bonds is 2. The number of hydrogen-bond acceptors (Lipinski definition) is 3. The fourth-order valence-electron chi connectivity index (χ4n) is 0.612. The van der Waals surface area contributed by atoms with E-state index in [0.29, 0.717) is 20.7 Å². The molecule has 1 aromatic rings. The molecule has 0 atom stereocenters. The average Bonchev–Trinajstić information content (AvgIpc) is 1.91. The van der Waals surface area contributed by atoms with Gasteiger partial charge in [-0.2, -0.15) is 8.42 Å². The van der Waals surface area contributed by atoms with Gasteiger partial charge >= 0.3 is 38.7 Å². The average molecular weight is 249 g/mol. The molecule has 13 heavy (non-hydrogen) atoms. The van der Waals surface area contributed by atoms with Crippen molar-refractivity contribution < 1.29 is 44.0 Å². The van der Waals surface area contributed by atoms with Gasteiger partial charge < -0.3 is 1.43 Å². The van der Waals surface area contributed by atoms with Gasteiger partial charge in [0.05, 0.1) is 0 Å². The number of halogens is 1. The Balaban J connectivity index is 0. The molecule has 0 aliphatic carbocycles. The summed E-state index contributed by atoms with van der Waals surface area (Å²) in [7, 11) is -3.64. The molecule has 0 aliphatic heterocycles. The summed E-state index contributed by atoms with van der Waals surface area (Å²) in [5, 5.41) is 0.523. The Morgan fingerprint density at radius 3 is 2.15 bits per heavy atom. The third-order valence-electron chi connectivity index (χ3n) is 1.02. The van der Waals surface area contributed by atoms with Gasteiger partial charge in [0.1, 0.15) is 0 Å². The molecule has 0 saturated carbocycles. The summed E-state index contributed by atoms with van der Waals surface area (Å²) in [4.78, 5) is 0.432. The van der Waals surface area contributed by atoms with E-state index in [1.54, 1.807) is 12.1 Å². The molecule has 0 heterocycles. The van der Waals surface area contributed by atoms with Crippen molar-refractivity contribution >= 4 is 31.5 Å². The topological polar surface area (TPSA) is 54.4 Å². The fraction of sp³-hybridized carbons (Fsp3) is 0. The van der Waals surface area contributed by atoms with Gasteiger partial charge in [-0.05, 0) is 24.3 Å². The minimum absolute atomic E-state index is 0. The molecular weight excluding hydrogens is 243 g/mol. The Morgan fingerprint density at radius 1 is 1.31 bits per heavy atom. The summed E-state index contributed by atoms with van der Waals surface area (Å²) >= 11 is 5.56. The zero-order valence-electron chi connectivity index (χ0n) is 7.77. The van der Waals surface area contributed by atoms with Crippen LogP contribution in [0.25, 0.3) is 0 Å². The van der Waals surface area contributed by atoms with Crippen molar-refractivity contribution in [2.24, 2.45) is 0 Å². The molecule has 68 valence electrons. The van der Waals surface area contributed by atoms with Crippen LogP contribution in [0.4, 0.5) is 0 Å². The molecule has 0 fully saturated rings. The maximum atomic E-state index is 10.4. The van der Waals surface area contributed by atoms with Crippen molar-refractivity contribution in [2.75, 3.05) is 0 Å². The minimum atomic E-state index is -4.02. The summed E-state index contributed by atoms with van der Waals surface area (Å²) < 4.78 is 29.2. The molecule has 0 amide bonds. The Kier molecular flexibility index (Phi) is 5.93. The van der Waals surface area contributed by atoms with E-state index < -0.39 is 9.15 Å². The molecule has 3 nitrogen and oxygen atoms in total. The SMILES string of the molecule is O=S(=O)(O)Sc1ccc(Cl)cc1.[H-].[Na+]. The van der Waals surface area contributed by atoms with Crippen LogP contribution in [0.15, 0.2) is 29.2 Å². The van der Waals surface area contributed by atoms with Gasteiger partial charge in [0.25, 0.3) is 0 Å². The molecular formula is C6H6ClNaO3S2. The van der Waals surface area contributed by atoms with Crippen LogP contribution in [-0.4, -0.2) is 13.0 Å². The first-order chi connectivity index (χ1) is 5.47. The van der Waals surface area contributed by atoms with Gasteiger partial charge in [-0.15, -0.1) is 0 Å². The summed E-state index contributed by atoms with van der Waals surface area (Å²) in [6.07, 6.45) is 0. The molecule has 0 spiro atoms. The molecule has 0 saturated heterocycles. The second-order valence-corrected chi connectivity index (χ2v) is 5.66. The van der Waals surface area contributed by atoms with Crippen molar-refractivity contribution in [3.05, 3.63) is 29.3 Å². The minimum Gasteiger partial charge on any atom is -1.00 e. The van der Waals surface area contributed by atoms with Gasteiger partial charge in [0.15, 0.2) is 0 Å². The Labute approximate surface area is 109 Å². The predicted molar refractivity (Wildman–Crippen MR) is 50.0 cm³/mol. The molecule has 0 aliphatic rings. The van der Waals surface area contributed by atoms with Crippen molar-refractivity contribution in [3.63, 3.8) is 0 Å². The van der Waals surface area contributed by atoms with E-state index in [1.807, 2.05) is 0 Å². The normalized spacial score (nSPS) is 10.6. The first kappa shape index (κ1) is 13.8. The second kappa shape index (κ2) is 5.60. The van der Waals surface area contributed by atoms with Crippen molar-refractivity contribution in [3.8, 4) is 0 Å². The summed E-state index contributed by atoms with van der Waals surface area (Å²) in [6, 6.07) is 6.13. The third-order valence-corrected chi connectivity index (χ3v) is 3.15. The van der Waals surface area contributed by atoms with Gasteiger partial charge in [-0.1, -0.05) is 11.6 Å². The third kappa shape index (κ3) is 5.96. The van der Waals surface area contributed by atoms with Crippen LogP contribution in [0.3, 0.4) is 0 Å². The van der Waals surface area contributed by atoms with Gasteiger partial charge in [0, 0.05) is 20.7 Å². The van der Waals surface area contributed by atoms with Crippen LogP contribution >= 0.6 is 22.4 Å². The Hall–Kier alpha value is 0.770. The zero-order valence-corrected chi connectivity index (χ0v) is 11.2. The van der Waals surface area contributed by atoms with Crippen molar-refractivity contribution in [2.45, 2.75) is 4.90 Å². The van der Waals surface area contributed by atoms with E-state index in [0.717, 1.165) is 0 Å². The van der Waals surface area contributed by atoms with Gasteiger partial charge in [-0.25, -0.2) is 0 Å². The van der Waals surface area contributed by atoms with Crippen LogP contribution < -0.4 is 29.6 Å². The second-order valence-electron chi connectivity index (χ2n) is 1.96. The maximum Gasteiger partial charge on any atom is 1.00 e. The summed E-state index contributed by atoms with van der Waals surface area (Å²) in [6.45, 7) is 0. The monoisotopic (exact) mass is 248 g/mol. The van der Waals surface area contributed by atoms with Crippen LogP contribution in [-0.2, 0) is 9.15 Å². The van der Waals surface area contributed by atoms with Gasteiger partial charge in [-0.3, -0.25) is 4.55 Å². The molecule has 0 aromatic heterocycles. The van der Waals surface area contributed by atoms with E-state index in [2.05, 4.69) is 0 Å². The molecule has 1 N–H and O–H groups in total. The molecule has 7 heteroatoms. The van der Waals surface area contributed by atoms with Crippen LogP contribution in [0.1, 0.15) is 1.43 Å².